The molecule has 1 aliphatic heterocycles. The molecule has 7 heteroatoms. The number of H-pyrrole nitrogens is 1. The van der Waals surface area contributed by atoms with Gasteiger partial charge in [0, 0.05) is 19.6 Å². The van der Waals surface area contributed by atoms with Gasteiger partial charge in [-0.05, 0) is 29.6 Å². The molecule has 2 heterocycles. The van der Waals surface area contributed by atoms with Gasteiger partial charge in [0.05, 0.1) is 19.0 Å². The van der Waals surface area contributed by atoms with Crippen LogP contribution in [0.25, 0.3) is 0 Å². The van der Waals surface area contributed by atoms with Gasteiger partial charge in [0.15, 0.2) is 0 Å². The first-order valence-electron chi connectivity index (χ1n) is 5.46. The lowest BCUT2D eigenvalue weighted by molar-refractivity contribution is 0.0418. The van der Waals surface area contributed by atoms with E-state index in [0.717, 1.165) is 25.5 Å². The molecule has 17 heavy (non-hydrogen) atoms. The summed E-state index contributed by atoms with van der Waals surface area (Å²) in [5.74, 6) is 0.749. The highest BCUT2D eigenvalue weighted by Crippen LogP contribution is 2.18. The minimum Gasteiger partial charge on any atom is -0.373 e. The van der Waals surface area contributed by atoms with E-state index in [1.54, 1.807) is 0 Å². The number of halogens is 1. The third kappa shape index (κ3) is 2.96. The highest BCUT2D eigenvalue weighted by atomic mass is 127. The van der Waals surface area contributed by atoms with Crippen LogP contribution in [0.3, 0.4) is 0 Å². The fraction of sp³-hybridized carbons (Fsp3) is 0.600. The number of nitrogens with zero attached hydrogens (tertiary/aromatic N) is 2. The van der Waals surface area contributed by atoms with Gasteiger partial charge in [-0.25, -0.2) is 4.98 Å². The fourth-order valence-corrected chi connectivity index (χ4v) is 2.49. The number of hydrogen-bond acceptors (Lipinski definition) is 5. The molecule has 1 aromatic rings. The van der Waals surface area contributed by atoms with Crippen LogP contribution in [0.2, 0.25) is 0 Å². The number of likely N-dealkylation sites (N-methyl/N-ethyl adjacent to an activating group) is 1. The van der Waals surface area contributed by atoms with Crippen LogP contribution in [-0.4, -0.2) is 49.4 Å². The van der Waals surface area contributed by atoms with Crippen molar-refractivity contribution in [3.63, 3.8) is 0 Å². The molecule has 0 spiro atoms. The summed E-state index contributed by atoms with van der Waals surface area (Å²) in [4.78, 5) is 20.4. The molecule has 6 nitrogen and oxygen atoms in total. The molecule has 1 fully saturated rings. The van der Waals surface area contributed by atoms with E-state index in [1.165, 1.54) is 6.33 Å². The van der Waals surface area contributed by atoms with Gasteiger partial charge in [0.2, 0.25) is 0 Å². The number of aromatic nitrogens is 2. The topological polar surface area (TPSA) is 70.2 Å². The predicted molar refractivity (Wildman–Crippen MR) is 73.5 cm³/mol. The van der Waals surface area contributed by atoms with Gasteiger partial charge in [-0.15, -0.1) is 0 Å². The fourth-order valence-electron chi connectivity index (χ4n) is 1.86. The van der Waals surface area contributed by atoms with Crippen molar-refractivity contribution in [1.82, 2.24) is 15.3 Å². The number of anilines is 1. The van der Waals surface area contributed by atoms with Crippen LogP contribution in [0.5, 0.6) is 0 Å². The van der Waals surface area contributed by atoms with Gasteiger partial charge < -0.3 is 19.9 Å². The van der Waals surface area contributed by atoms with E-state index >= 15 is 0 Å². The molecule has 0 saturated carbocycles. The molecular weight excluding hydrogens is 335 g/mol. The summed E-state index contributed by atoms with van der Waals surface area (Å²) >= 11 is 2.03. The van der Waals surface area contributed by atoms with Crippen LogP contribution >= 0.6 is 22.6 Å². The van der Waals surface area contributed by atoms with Gasteiger partial charge in [-0.1, -0.05) is 0 Å². The van der Waals surface area contributed by atoms with Crippen molar-refractivity contribution in [2.45, 2.75) is 6.10 Å². The van der Waals surface area contributed by atoms with Crippen molar-refractivity contribution in [2.24, 2.45) is 0 Å². The molecule has 1 aromatic heterocycles. The van der Waals surface area contributed by atoms with Crippen LogP contribution in [0, 0.1) is 3.57 Å². The zero-order chi connectivity index (χ0) is 12.3. The SMILES string of the molecule is CNCC1CN(c2nc[nH]c(=O)c2I)CCO1. The van der Waals surface area contributed by atoms with Crippen LogP contribution < -0.4 is 15.8 Å². The first-order valence-corrected chi connectivity index (χ1v) is 6.54. The summed E-state index contributed by atoms with van der Waals surface area (Å²) in [5, 5.41) is 3.09. The number of morpholine rings is 1. The minimum atomic E-state index is -0.0905. The van der Waals surface area contributed by atoms with Crippen molar-refractivity contribution >= 4 is 28.4 Å². The first-order chi connectivity index (χ1) is 8.22. The lowest BCUT2D eigenvalue weighted by atomic mass is 10.2. The Kier molecular flexibility index (Phi) is 4.35. The number of aromatic amines is 1. The predicted octanol–water partition coefficient (Wildman–Crippen LogP) is -0.201. The molecule has 0 aromatic carbocycles. The molecule has 1 atom stereocenters. The summed E-state index contributed by atoms with van der Waals surface area (Å²) in [6, 6.07) is 0. The molecule has 1 aliphatic rings. The van der Waals surface area contributed by atoms with E-state index in [-0.39, 0.29) is 11.7 Å². The van der Waals surface area contributed by atoms with E-state index in [4.69, 9.17) is 4.74 Å². The Morgan fingerprint density at radius 3 is 3.35 bits per heavy atom. The van der Waals surface area contributed by atoms with Crippen molar-refractivity contribution in [2.75, 3.05) is 38.2 Å². The maximum absolute atomic E-state index is 11.5. The van der Waals surface area contributed by atoms with Gasteiger partial charge in [0.1, 0.15) is 9.39 Å². The van der Waals surface area contributed by atoms with E-state index < -0.39 is 0 Å². The van der Waals surface area contributed by atoms with E-state index in [9.17, 15) is 4.79 Å². The summed E-state index contributed by atoms with van der Waals surface area (Å²) < 4.78 is 6.25. The van der Waals surface area contributed by atoms with Crippen molar-refractivity contribution in [3.8, 4) is 0 Å². The molecular formula is C10H15IN4O2. The molecule has 1 unspecified atom stereocenters. The lowest BCUT2D eigenvalue weighted by Gasteiger charge is -2.33. The largest absolute Gasteiger partial charge is 0.373 e. The molecule has 94 valence electrons. The molecule has 0 radical (unpaired) electrons. The van der Waals surface area contributed by atoms with Gasteiger partial charge in [0.25, 0.3) is 5.56 Å². The van der Waals surface area contributed by atoms with Gasteiger partial charge >= 0.3 is 0 Å². The van der Waals surface area contributed by atoms with E-state index in [0.29, 0.717) is 10.2 Å². The number of rotatable bonds is 3. The Hall–Kier alpha value is -0.670. The van der Waals surface area contributed by atoms with Gasteiger partial charge in [-0.2, -0.15) is 0 Å². The quantitative estimate of drug-likeness (QED) is 0.739. The summed E-state index contributed by atoms with van der Waals surface area (Å²) in [6.07, 6.45) is 1.59. The smallest absolute Gasteiger partial charge is 0.266 e. The molecule has 1 saturated heterocycles. The third-order valence-electron chi connectivity index (χ3n) is 2.65. The Labute approximate surface area is 113 Å². The Morgan fingerprint density at radius 2 is 2.59 bits per heavy atom. The molecule has 0 bridgehead atoms. The number of hydrogen-bond donors (Lipinski definition) is 2. The monoisotopic (exact) mass is 350 g/mol. The highest BCUT2D eigenvalue weighted by molar-refractivity contribution is 14.1. The Bertz CT molecular complexity index is 435. The second-order valence-electron chi connectivity index (χ2n) is 3.87. The zero-order valence-corrected chi connectivity index (χ0v) is 11.7. The van der Waals surface area contributed by atoms with Crippen molar-refractivity contribution < 1.29 is 4.74 Å². The zero-order valence-electron chi connectivity index (χ0n) is 9.57. The van der Waals surface area contributed by atoms with Crippen LogP contribution in [0.15, 0.2) is 11.1 Å². The molecule has 0 amide bonds. The average Bonchev–Trinajstić information content (AvgIpc) is 2.33. The normalized spacial score (nSPS) is 20.6. The van der Waals surface area contributed by atoms with Crippen molar-refractivity contribution in [3.05, 3.63) is 20.3 Å². The maximum atomic E-state index is 11.5. The summed E-state index contributed by atoms with van der Waals surface area (Å²) in [6.45, 7) is 2.99. The molecule has 0 aliphatic carbocycles. The lowest BCUT2D eigenvalue weighted by Crippen LogP contribution is -2.47. The van der Waals surface area contributed by atoms with E-state index in [2.05, 4.69) is 20.2 Å². The van der Waals surface area contributed by atoms with Crippen LogP contribution in [0.1, 0.15) is 0 Å². The highest BCUT2D eigenvalue weighted by Gasteiger charge is 2.23. The molecule has 2 N–H and O–H groups in total. The second kappa shape index (κ2) is 5.78. The molecule has 2 rings (SSSR count). The number of nitrogens with one attached hydrogen (secondary N) is 2. The van der Waals surface area contributed by atoms with Crippen LogP contribution in [-0.2, 0) is 4.74 Å². The van der Waals surface area contributed by atoms with Crippen molar-refractivity contribution in [1.29, 1.82) is 0 Å². The Morgan fingerprint density at radius 1 is 1.76 bits per heavy atom. The minimum absolute atomic E-state index is 0.0905. The summed E-state index contributed by atoms with van der Waals surface area (Å²) in [5.41, 5.74) is -0.0905. The first kappa shape index (κ1) is 12.8. The van der Waals surface area contributed by atoms with E-state index in [1.807, 2.05) is 29.6 Å². The standard InChI is InChI=1S/C10H15IN4O2/c1-12-4-7-5-15(2-3-17-7)9-8(11)10(16)14-6-13-9/h6-7,12H,2-5H2,1H3,(H,13,14,16). The van der Waals surface area contributed by atoms with Crippen LogP contribution in [0.4, 0.5) is 5.82 Å². The number of ether oxygens (including phenoxy) is 1. The maximum Gasteiger partial charge on any atom is 0.266 e. The van der Waals surface area contributed by atoms with Gasteiger partial charge in [-0.3, -0.25) is 4.79 Å². The average molecular weight is 350 g/mol. The second-order valence-corrected chi connectivity index (χ2v) is 4.94. The summed E-state index contributed by atoms with van der Waals surface area (Å²) in [7, 11) is 1.90. The Balaban J connectivity index is 2.16. The third-order valence-corrected chi connectivity index (χ3v) is 3.62.